The Bertz CT molecular complexity index is 567. The summed E-state index contributed by atoms with van der Waals surface area (Å²) in [6.45, 7) is 0. The molecule has 1 rings (SSSR count). The molecule has 0 saturated heterocycles. The van der Waals surface area contributed by atoms with Crippen LogP contribution in [0.15, 0.2) is 22.8 Å². The Labute approximate surface area is 117 Å². The number of rotatable bonds is 3. The highest BCUT2D eigenvalue weighted by Crippen LogP contribution is 2.39. The summed E-state index contributed by atoms with van der Waals surface area (Å²) in [5.74, 6) is 0. The van der Waals surface area contributed by atoms with E-state index in [0.29, 0.717) is 6.07 Å². The average molecular weight is 388 g/mol. The van der Waals surface area contributed by atoms with Gasteiger partial charge in [-0.2, -0.15) is 34.8 Å². The molecule has 0 saturated carbocycles. The van der Waals surface area contributed by atoms with Gasteiger partial charge >= 0.3 is 21.8 Å². The Kier molecular flexibility index (Phi) is 4.71. The number of aromatic nitrogens is 1. The first kappa shape index (κ1) is 17.2. The van der Waals surface area contributed by atoms with Crippen molar-refractivity contribution in [2.45, 2.75) is 17.8 Å². The first-order chi connectivity index (χ1) is 8.84. The van der Waals surface area contributed by atoms with Crippen LogP contribution in [0.1, 0.15) is 11.8 Å². The van der Waals surface area contributed by atoms with E-state index in [-0.39, 0.29) is 4.47 Å². The van der Waals surface area contributed by atoms with E-state index in [4.69, 9.17) is 0 Å². The third kappa shape index (κ3) is 4.06. The fourth-order valence-corrected chi connectivity index (χ4v) is 1.80. The van der Waals surface area contributed by atoms with Crippen molar-refractivity contribution in [3.05, 3.63) is 28.5 Å². The summed E-state index contributed by atoms with van der Waals surface area (Å²) in [6, 6.07) is 1.73. The molecular formula is C8H4BrF6NO3S. The fraction of sp³-hybridized carbons (Fsp3) is 0.375. The standard InChI is InChI=1S/C8H4BrF6NO3S/c9-4-1-2-5(16-3-4)6(7(10,11)12)19-20(17,18)8(13,14)15/h1-3,6H/t6-/m1/s1. The number of hydrogen-bond donors (Lipinski definition) is 0. The smallest absolute Gasteiger partial charge is 0.257 e. The van der Waals surface area contributed by atoms with Gasteiger partial charge in [-0.25, -0.2) is 4.18 Å². The van der Waals surface area contributed by atoms with Crippen molar-refractivity contribution in [1.29, 1.82) is 0 Å². The Morgan fingerprint density at radius 2 is 1.70 bits per heavy atom. The fourth-order valence-electron chi connectivity index (χ4n) is 0.995. The van der Waals surface area contributed by atoms with E-state index >= 15 is 0 Å². The maximum absolute atomic E-state index is 12.6. The Hall–Kier alpha value is -0.880. The molecule has 0 radical (unpaired) electrons. The highest BCUT2D eigenvalue weighted by atomic mass is 79.9. The molecule has 0 fully saturated rings. The van der Waals surface area contributed by atoms with Gasteiger partial charge in [0.1, 0.15) is 0 Å². The van der Waals surface area contributed by atoms with Crippen LogP contribution in [-0.2, 0) is 14.3 Å². The van der Waals surface area contributed by atoms with Crippen LogP contribution >= 0.6 is 15.9 Å². The van der Waals surface area contributed by atoms with Crippen LogP contribution in [-0.4, -0.2) is 25.1 Å². The SMILES string of the molecule is O=S(=O)(O[C@H](c1ccc(Br)cn1)C(F)(F)F)C(F)(F)F. The van der Waals surface area contributed by atoms with Gasteiger partial charge in [-0.1, -0.05) is 0 Å². The lowest BCUT2D eigenvalue weighted by Crippen LogP contribution is -2.33. The molecule has 1 atom stereocenters. The third-order valence-electron chi connectivity index (χ3n) is 1.82. The summed E-state index contributed by atoms with van der Waals surface area (Å²) >= 11 is 2.86. The lowest BCUT2D eigenvalue weighted by Gasteiger charge is -2.20. The van der Waals surface area contributed by atoms with Crippen molar-refractivity contribution < 1.29 is 38.9 Å². The van der Waals surface area contributed by atoms with Crippen LogP contribution in [0.4, 0.5) is 26.3 Å². The minimum Gasteiger partial charge on any atom is -0.257 e. The largest absolute Gasteiger partial charge is 0.523 e. The van der Waals surface area contributed by atoms with Crippen molar-refractivity contribution in [1.82, 2.24) is 4.98 Å². The minimum atomic E-state index is -6.41. The van der Waals surface area contributed by atoms with Crippen LogP contribution in [0.5, 0.6) is 0 Å². The van der Waals surface area contributed by atoms with Crippen molar-refractivity contribution in [3.8, 4) is 0 Å². The molecular weight excluding hydrogens is 384 g/mol. The Balaban J connectivity index is 3.20. The number of hydrogen-bond acceptors (Lipinski definition) is 4. The van der Waals surface area contributed by atoms with Gasteiger partial charge < -0.3 is 0 Å². The van der Waals surface area contributed by atoms with Crippen LogP contribution in [0.2, 0.25) is 0 Å². The molecule has 4 nitrogen and oxygen atoms in total. The molecule has 0 amide bonds. The predicted molar refractivity (Wildman–Crippen MR) is 56.8 cm³/mol. The zero-order valence-electron chi connectivity index (χ0n) is 9.04. The summed E-state index contributed by atoms with van der Waals surface area (Å²) < 4.78 is 98.8. The van der Waals surface area contributed by atoms with Crippen molar-refractivity contribution in [3.63, 3.8) is 0 Å². The monoisotopic (exact) mass is 387 g/mol. The third-order valence-corrected chi connectivity index (χ3v) is 3.30. The summed E-state index contributed by atoms with van der Waals surface area (Å²) in [6.07, 6.45) is -7.88. The molecule has 1 heterocycles. The zero-order chi connectivity index (χ0) is 15.8. The molecule has 0 aliphatic rings. The Morgan fingerprint density at radius 3 is 2.05 bits per heavy atom. The summed E-state index contributed by atoms with van der Waals surface area (Å²) in [7, 11) is -6.41. The second-order valence-corrected chi connectivity index (χ2v) is 5.80. The normalized spacial score (nSPS) is 15.2. The molecule has 1 aromatic rings. The van der Waals surface area contributed by atoms with E-state index in [9.17, 15) is 34.8 Å². The molecule has 0 spiro atoms. The van der Waals surface area contributed by atoms with Gasteiger partial charge in [0.05, 0.1) is 5.69 Å². The second-order valence-electron chi connectivity index (χ2n) is 3.32. The average Bonchev–Trinajstić information content (AvgIpc) is 2.24. The van der Waals surface area contributed by atoms with Gasteiger partial charge in [0.25, 0.3) is 0 Å². The van der Waals surface area contributed by atoms with E-state index in [1.807, 2.05) is 0 Å². The molecule has 114 valence electrons. The van der Waals surface area contributed by atoms with Crippen LogP contribution in [0, 0.1) is 0 Å². The highest BCUT2D eigenvalue weighted by molar-refractivity contribution is 9.10. The van der Waals surface area contributed by atoms with Gasteiger partial charge in [-0.15, -0.1) is 0 Å². The van der Waals surface area contributed by atoms with Crippen LogP contribution in [0.3, 0.4) is 0 Å². The van der Waals surface area contributed by atoms with Gasteiger partial charge in [0.2, 0.25) is 6.10 Å². The van der Waals surface area contributed by atoms with E-state index in [2.05, 4.69) is 25.1 Å². The van der Waals surface area contributed by atoms with Crippen molar-refractivity contribution in [2.75, 3.05) is 0 Å². The predicted octanol–water partition coefficient (Wildman–Crippen LogP) is 3.31. The molecule has 0 aliphatic heterocycles. The first-order valence-electron chi connectivity index (χ1n) is 4.52. The second kappa shape index (κ2) is 5.48. The maximum Gasteiger partial charge on any atom is 0.523 e. The summed E-state index contributed by atoms with van der Waals surface area (Å²) in [5, 5.41) is 0. The lowest BCUT2D eigenvalue weighted by atomic mass is 10.2. The highest BCUT2D eigenvalue weighted by Gasteiger charge is 2.54. The first-order valence-corrected chi connectivity index (χ1v) is 6.72. The zero-order valence-corrected chi connectivity index (χ0v) is 11.4. The number of nitrogens with zero attached hydrogens (tertiary/aromatic N) is 1. The van der Waals surface area contributed by atoms with Gasteiger partial charge in [-0.05, 0) is 28.1 Å². The van der Waals surface area contributed by atoms with Gasteiger partial charge in [0, 0.05) is 10.7 Å². The topological polar surface area (TPSA) is 56.3 Å². The lowest BCUT2D eigenvalue weighted by molar-refractivity contribution is -0.201. The van der Waals surface area contributed by atoms with Crippen molar-refractivity contribution in [2.24, 2.45) is 0 Å². The minimum absolute atomic E-state index is 0.251. The molecule has 0 aliphatic carbocycles. The molecule has 0 unspecified atom stereocenters. The number of halogens is 7. The molecule has 1 aromatic heterocycles. The summed E-state index contributed by atoms with van der Waals surface area (Å²) in [4.78, 5) is 3.19. The number of alkyl halides is 6. The molecule has 12 heteroatoms. The molecule has 0 bridgehead atoms. The van der Waals surface area contributed by atoms with Crippen LogP contribution < -0.4 is 0 Å². The quantitative estimate of drug-likeness (QED) is 0.453. The van der Waals surface area contributed by atoms with Gasteiger partial charge in [-0.3, -0.25) is 4.98 Å². The van der Waals surface area contributed by atoms with Crippen LogP contribution in [0.25, 0.3) is 0 Å². The van der Waals surface area contributed by atoms with Gasteiger partial charge in [0.15, 0.2) is 0 Å². The Morgan fingerprint density at radius 1 is 1.15 bits per heavy atom. The van der Waals surface area contributed by atoms with Crippen molar-refractivity contribution >= 4 is 26.0 Å². The van der Waals surface area contributed by atoms with E-state index in [1.165, 1.54) is 0 Å². The molecule has 20 heavy (non-hydrogen) atoms. The molecule has 0 N–H and O–H groups in total. The number of pyridine rings is 1. The van der Waals surface area contributed by atoms with E-state index in [1.54, 1.807) is 0 Å². The maximum atomic E-state index is 12.6. The van der Waals surface area contributed by atoms with E-state index in [0.717, 1.165) is 12.3 Å². The summed E-state index contributed by atoms with van der Waals surface area (Å²) in [5.41, 5.74) is -6.99. The van der Waals surface area contributed by atoms with E-state index < -0.39 is 33.6 Å². The molecule has 0 aromatic carbocycles.